The highest BCUT2D eigenvalue weighted by Gasteiger charge is 2.20. The maximum Gasteiger partial charge on any atom is 0.335 e. The summed E-state index contributed by atoms with van der Waals surface area (Å²) in [5.74, 6) is -0.218. The fourth-order valence-corrected chi connectivity index (χ4v) is 3.26. The Balaban J connectivity index is 2.01. The number of thioether (sulfide) groups is 1. The molecule has 1 fully saturated rings. The van der Waals surface area contributed by atoms with Crippen molar-refractivity contribution in [1.29, 1.82) is 0 Å². The molecule has 1 aliphatic carbocycles. The topological polar surface area (TPSA) is 62.2 Å². The lowest BCUT2D eigenvalue weighted by Gasteiger charge is -2.28. The second kappa shape index (κ2) is 6.28. The Labute approximate surface area is 118 Å². The van der Waals surface area contributed by atoms with E-state index in [0.717, 1.165) is 23.8 Å². The number of aryl methyl sites for hydroxylation is 1. The number of nitrogens with zero attached hydrogens (tertiary/aromatic N) is 1. The maximum absolute atomic E-state index is 11.0. The minimum atomic E-state index is -0.903. The number of rotatable bonds is 4. The summed E-state index contributed by atoms with van der Waals surface area (Å²) in [5.41, 5.74) is 1.04. The van der Waals surface area contributed by atoms with Gasteiger partial charge in [0.2, 0.25) is 0 Å². The van der Waals surface area contributed by atoms with Crippen LogP contribution in [0.1, 0.15) is 41.7 Å². The molecule has 19 heavy (non-hydrogen) atoms. The molecule has 0 bridgehead atoms. The van der Waals surface area contributed by atoms with Gasteiger partial charge in [-0.3, -0.25) is 0 Å². The molecule has 4 nitrogen and oxygen atoms in total. The summed E-state index contributed by atoms with van der Waals surface area (Å²) in [4.78, 5) is 15.4. The molecule has 0 amide bonds. The minimum absolute atomic E-state index is 0.299. The Morgan fingerprint density at radius 3 is 2.63 bits per heavy atom. The van der Waals surface area contributed by atoms with Gasteiger partial charge in [-0.2, -0.15) is 11.8 Å². The van der Waals surface area contributed by atoms with Crippen LogP contribution in [0.5, 0.6) is 0 Å². The third kappa shape index (κ3) is 3.86. The molecule has 0 atom stereocenters. The van der Waals surface area contributed by atoms with Gasteiger partial charge in [0, 0.05) is 17.0 Å². The maximum atomic E-state index is 11.0. The van der Waals surface area contributed by atoms with E-state index in [-0.39, 0.29) is 0 Å². The van der Waals surface area contributed by atoms with Gasteiger partial charge in [0.25, 0.3) is 0 Å². The van der Waals surface area contributed by atoms with Gasteiger partial charge in [-0.1, -0.05) is 0 Å². The van der Waals surface area contributed by atoms with Crippen molar-refractivity contribution in [1.82, 2.24) is 4.98 Å². The zero-order chi connectivity index (χ0) is 13.8. The SMILES string of the molecule is CSC1CCC(Nc2cc(C(=O)O)cc(C)n2)CC1. The van der Waals surface area contributed by atoms with Gasteiger partial charge in [0.1, 0.15) is 5.82 Å². The van der Waals surface area contributed by atoms with Crippen LogP contribution in [0.15, 0.2) is 12.1 Å². The number of hydrogen-bond donors (Lipinski definition) is 2. The highest BCUT2D eigenvalue weighted by molar-refractivity contribution is 7.99. The van der Waals surface area contributed by atoms with Crippen LogP contribution in [0.3, 0.4) is 0 Å². The van der Waals surface area contributed by atoms with Crippen molar-refractivity contribution in [3.63, 3.8) is 0 Å². The summed E-state index contributed by atoms with van der Waals surface area (Å²) < 4.78 is 0. The predicted molar refractivity (Wildman–Crippen MR) is 79.1 cm³/mol. The number of carbonyl (C=O) groups is 1. The lowest BCUT2D eigenvalue weighted by molar-refractivity contribution is 0.0696. The zero-order valence-corrected chi connectivity index (χ0v) is 12.2. The highest BCUT2D eigenvalue weighted by atomic mass is 32.2. The Kier molecular flexibility index (Phi) is 4.69. The van der Waals surface area contributed by atoms with Crippen LogP contribution in [0, 0.1) is 6.92 Å². The van der Waals surface area contributed by atoms with Crippen molar-refractivity contribution >= 4 is 23.5 Å². The minimum Gasteiger partial charge on any atom is -0.478 e. The number of pyridine rings is 1. The van der Waals surface area contributed by atoms with Crippen molar-refractivity contribution in [2.45, 2.75) is 43.9 Å². The molecule has 104 valence electrons. The van der Waals surface area contributed by atoms with Crippen LogP contribution in [-0.4, -0.2) is 33.6 Å². The Morgan fingerprint density at radius 2 is 2.05 bits per heavy atom. The van der Waals surface area contributed by atoms with Crippen LogP contribution in [0.2, 0.25) is 0 Å². The largest absolute Gasteiger partial charge is 0.478 e. The number of aromatic carboxylic acids is 1. The summed E-state index contributed by atoms with van der Waals surface area (Å²) in [7, 11) is 0. The number of carboxylic acid groups (broad SMARTS) is 1. The van der Waals surface area contributed by atoms with E-state index in [1.54, 1.807) is 12.1 Å². The Morgan fingerprint density at radius 1 is 1.37 bits per heavy atom. The summed E-state index contributed by atoms with van der Waals surface area (Å²) in [6.07, 6.45) is 6.86. The number of anilines is 1. The molecule has 1 aromatic heterocycles. The molecule has 0 aromatic carbocycles. The molecular weight excluding hydrogens is 260 g/mol. The van der Waals surface area contributed by atoms with E-state index in [1.807, 2.05) is 18.7 Å². The molecule has 2 N–H and O–H groups in total. The molecule has 0 unspecified atom stereocenters. The number of carboxylic acids is 1. The Bertz CT molecular complexity index is 457. The average Bonchev–Trinajstić information content (AvgIpc) is 2.39. The van der Waals surface area contributed by atoms with Gasteiger partial charge in [-0.15, -0.1) is 0 Å². The molecule has 0 aliphatic heterocycles. The normalized spacial score (nSPS) is 23.1. The van der Waals surface area contributed by atoms with Crippen molar-refractivity contribution in [2.24, 2.45) is 0 Å². The van der Waals surface area contributed by atoms with Crippen LogP contribution < -0.4 is 5.32 Å². The van der Waals surface area contributed by atoms with E-state index in [0.29, 0.717) is 17.4 Å². The van der Waals surface area contributed by atoms with Crippen molar-refractivity contribution in [2.75, 3.05) is 11.6 Å². The fraction of sp³-hybridized carbons (Fsp3) is 0.571. The van der Waals surface area contributed by atoms with Crippen molar-refractivity contribution in [3.05, 3.63) is 23.4 Å². The van der Waals surface area contributed by atoms with Crippen molar-refractivity contribution in [3.8, 4) is 0 Å². The van der Waals surface area contributed by atoms with Crippen LogP contribution in [0.25, 0.3) is 0 Å². The third-order valence-corrected chi connectivity index (χ3v) is 4.70. The molecule has 0 radical (unpaired) electrons. The van der Waals surface area contributed by atoms with Gasteiger partial charge < -0.3 is 10.4 Å². The fourth-order valence-electron chi connectivity index (χ4n) is 2.52. The van der Waals surface area contributed by atoms with E-state index >= 15 is 0 Å². The van der Waals surface area contributed by atoms with Gasteiger partial charge in [0.05, 0.1) is 5.56 Å². The smallest absolute Gasteiger partial charge is 0.335 e. The summed E-state index contributed by atoms with van der Waals surface area (Å²) >= 11 is 1.94. The van der Waals surface area contributed by atoms with E-state index in [9.17, 15) is 4.79 Å². The Hall–Kier alpha value is -1.23. The summed E-state index contributed by atoms with van der Waals surface area (Å²) in [6, 6.07) is 3.63. The predicted octanol–water partition coefficient (Wildman–Crippen LogP) is 3.17. The lowest BCUT2D eigenvalue weighted by atomic mass is 9.95. The molecule has 2 rings (SSSR count). The molecule has 0 spiro atoms. The molecule has 1 heterocycles. The monoisotopic (exact) mass is 280 g/mol. The second-order valence-electron chi connectivity index (χ2n) is 5.04. The molecular formula is C14H20N2O2S. The first-order chi connectivity index (χ1) is 9.08. The van der Waals surface area contributed by atoms with E-state index in [2.05, 4.69) is 16.6 Å². The summed E-state index contributed by atoms with van der Waals surface area (Å²) in [5, 5.41) is 13.2. The van der Waals surface area contributed by atoms with E-state index in [4.69, 9.17) is 5.11 Å². The standard InChI is InChI=1S/C14H20N2O2S/c1-9-7-10(14(17)18)8-13(15-9)16-11-3-5-12(19-2)6-4-11/h7-8,11-12H,3-6H2,1-2H3,(H,15,16)(H,17,18). The van der Waals surface area contributed by atoms with Gasteiger partial charge >= 0.3 is 5.97 Å². The highest BCUT2D eigenvalue weighted by Crippen LogP contribution is 2.28. The van der Waals surface area contributed by atoms with Crippen LogP contribution >= 0.6 is 11.8 Å². The molecule has 5 heteroatoms. The average molecular weight is 280 g/mol. The number of nitrogens with one attached hydrogen (secondary N) is 1. The zero-order valence-electron chi connectivity index (χ0n) is 11.3. The lowest BCUT2D eigenvalue weighted by Crippen LogP contribution is -2.27. The molecule has 0 saturated heterocycles. The van der Waals surface area contributed by atoms with E-state index in [1.165, 1.54) is 12.8 Å². The first-order valence-electron chi connectivity index (χ1n) is 6.60. The van der Waals surface area contributed by atoms with Crippen LogP contribution in [-0.2, 0) is 0 Å². The first-order valence-corrected chi connectivity index (χ1v) is 7.88. The van der Waals surface area contributed by atoms with Crippen LogP contribution in [0.4, 0.5) is 5.82 Å². The molecule has 1 aromatic rings. The van der Waals surface area contributed by atoms with Gasteiger partial charge in [-0.05, 0) is 51.0 Å². The number of aromatic nitrogens is 1. The van der Waals surface area contributed by atoms with Crippen molar-refractivity contribution < 1.29 is 9.90 Å². The van der Waals surface area contributed by atoms with E-state index < -0.39 is 5.97 Å². The first kappa shape index (κ1) is 14.2. The molecule has 1 aliphatic rings. The quantitative estimate of drug-likeness (QED) is 0.887. The van der Waals surface area contributed by atoms with Gasteiger partial charge in [0.15, 0.2) is 0 Å². The third-order valence-electron chi connectivity index (χ3n) is 3.56. The summed E-state index contributed by atoms with van der Waals surface area (Å²) in [6.45, 7) is 1.82. The second-order valence-corrected chi connectivity index (χ2v) is 6.18. The van der Waals surface area contributed by atoms with Gasteiger partial charge in [-0.25, -0.2) is 9.78 Å². The molecule has 1 saturated carbocycles. The number of hydrogen-bond acceptors (Lipinski definition) is 4.